The first-order chi connectivity index (χ1) is 16.1. The van der Waals surface area contributed by atoms with Gasteiger partial charge in [-0.1, -0.05) is 30.3 Å². The first-order valence-corrected chi connectivity index (χ1v) is 10.8. The summed E-state index contributed by atoms with van der Waals surface area (Å²) in [5.74, 6) is 0.573. The Morgan fingerprint density at radius 1 is 0.939 bits per heavy atom. The zero-order chi connectivity index (χ0) is 22.8. The standard InChI is InChI=1S/C26H24N6O/c1-16-4-3-5-23(30-16)26-31-24(22-10-11-28-25(22)32-26)21-12-20(14-27-15-21)19-8-6-18(7-9-19)13-29-17(2)33/h3-12,14-15,17,29,33H,13H2,1-2H3,(H,28,31,32). The highest BCUT2D eigenvalue weighted by Gasteiger charge is 2.14. The molecule has 1 atom stereocenters. The maximum absolute atomic E-state index is 9.41. The molecule has 1 aromatic carbocycles. The average Bonchev–Trinajstić information content (AvgIpc) is 3.31. The Morgan fingerprint density at radius 3 is 2.55 bits per heavy atom. The van der Waals surface area contributed by atoms with Gasteiger partial charge < -0.3 is 10.1 Å². The molecule has 0 aliphatic rings. The van der Waals surface area contributed by atoms with Crippen molar-refractivity contribution in [1.82, 2.24) is 30.2 Å². The molecular formula is C26H24N6O. The van der Waals surface area contributed by atoms with Crippen LogP contribution in [-0.2, 0) is 6.54 Å². The SMILES string of the molecule is Cc1cccc(-c2nc(-c3cncc(-c4ccc(CNC(C)O)cc4)c3)c3cc[nH]c3n2)n1. The van der Waals surface area contributed by atoms with Gasteiger partial charge in [0.15, 0.2) is 5.82 Å². The van der Waals surface area contributed by atoms with E-state index in [1.54, 1.807) is 6.92 Å². The van der Waals surface area contributed by atoms with Gasteiger partial charge in [0.25, 0.3) is 0 Å². The summed E-state index contributed by atoms with van der Waals surface area (Å²) in [4.78, 5) is 21.9. The van der Waals surface area contributed by atoms with Gasteiger partial charge in [-0.25, -0.2) is 15.0 Å². The van der Waals surface area contributed by atoms with Crippen molar-refractivity contribution in [3.8, 4) is 33.9 Å². The Bertz CT molecular complexity index is 1410. The van der Waals surface area contributed by atoms with Crippen LogP contribution in [0.3, 0.4) is 0 Å². The number of nitrogens with one attached hydrogen (secondary N) is 2. The summed E-state index contributed by atoms with van der Waals surface area (Å²) in [6, 6.07) is 18.1. The van der Waals surface area contributed by atoms with Crippen molar-refractivity contribution >= 4 is 11.0 Å². The second kappa shape index (κ2) is 8.90. The van der Waals surface area contributed by atoms with Crippen LogP contribution in [0.5, 0.6) is 0 Å². The van der Waals surface area contributed by atoms with Crippen LogP contribution in [0.25, 0.3) is 44.9 Å². The normalized spacial score (nSPS) is 12.2. The molecule has 4 heterocycles. The minimum absolute atomic E-state index is 0.538. The molecule has 4 aromatic heterocycles. The number of aliphatic hydroxyl groups is 1. The summed E-state index contributed by atoms with van der Waals surface area (Å²) in [7, 11) is 0. The molecule has 7 heteroatoms. The summed E-state index contributed by atoms with van der Waals surface area (Å²) < 4.78 is 0. The molecule has 5 aromatic rings. The Kier molecular flexibility index (Phi) is 5.64. The maximum atomic E-state index is 9.41. The van der Waals surface area contributed by atoms with E-state index >= 15 is 0 Å². The lowest BCUT2D eigenvalue weighted by molar-refractivity contribution is 0.155. The summed E-state index contributed by atoms with van der Waals surface area (Å²) >= 11 is 0. The summed E-state index contributed by atoms with van der Waals surface area (Å²) in [5, 5.41) is 13.4. The maximum Gasteiger partial charge on any atom is 0.180 e. The van der Waals surface area contributed by atoms with E-state index < -0.39 is 6.23 Å². The minimum atomic E-state index is -0.538. The van der Waals surface area contributed by atoms with E-state index in [0.717, 1.165) is 50.4 Å². The van der Waals surface area contributed by atoms with Crippen LogP contribution in [-0.4, -0.2) is 36.3 Å². The Morgan fingerprint density at radius 2 is 1.76 bits per heavy atom. The van der Waals surface area contributed by atoms with Gasteiger partial charge in [0.1, 0.15) is 17.6 Å². The van der Waals surface area contributed by atoms with Crippen LogP contribution in [0.2, 0.25) is 0 Å². The number of aryl methyl sites for hydroxylation is 1. The summed E-state index contributed by atoms with van der Waals surface area (Å²) in [6.07, 6.45) is 5.01. The van der Waals surface area contributed by atoms with Crippen LogP contribution in [0.15, 0.2) is 73.2 Å². The third kappa shape index (κ3) is 4.50. The predicted molar refractivity (Wildman–Crippen MR) is 129 cm³/mol. The molecule has 7 nitrogen and oxygen atoms in total. The molecule has 0 radical (unpaired) electrons. The molecule has 0 amide bonds. The van der Waals surface area contributed by atoms with Crippen LogP contribution in [0.1, 0.15) is 18.2 Å². The number of nitrogens with zero attached hydrogens (tertiary/aromatic N) is 4. The van der Waals surface area contributed by atoms with Gasteiger partial charge in [0.2, 0.25) is 0 Å². The van der Waals surface area contributed by atoms with Crippen molar-refractivity contribution < 1.29 is 5.11 Å². The zero-order valence-corrected chi connectivity index (χ0v) is 18.4. The molecule has 0 aliphatic carbocycles. The fourth-order valence-corrected chi connectivity index (χ4v) is 3.75. The van der Waals surface area contributed by atoms with E-state index in [2.05, 4.69) is 43.5 Å². The molecule has 3 N–H and O–H groups in total. The van der Waals surface area contributed by atoms with E-state index in [4.69, 9.17) is 4.98 Å². The number of aliphatic hydroxyl groups excluding tert-OH is 1. The Balaban J connectivity index is 1.53. The molecule has 5 rings (SSSR count). The number of hydrogen-bond acceptors (Lipinski definition) is 6. The lowest BCUT2D eigenvalue weighted by Crippen LogP contribution is -2.24. The molecule has 0 saturated heterocycles. The Hall–Kier alpha value is -3.94. The third-order valence-corrected chi connectivity index (χ3v) is 5.43. The van der Waals surface area contributed by atoms with Crippen LogP contribution >= 0.6 is 0 Å². The van der Waals surface area contributed by atoms with Crippen molar-refractivity contribution in [3.05, 3.63) is 84.4 Å². The molecule has 0 fully saturated rings. The zero-order valence-electron chi connectivity index (χ0n) is 18.4. The van der Waals surface area contributed by atoms with Crippen molar-refractivity contribution in [2.75, 3.05) is 0 Å². The van der Waals surface area contributed by atoms with Crippen molar-refractivity contribution in [1.29, 1.82) is 0 Å². The fraction of sp³-hybridized carbons (Fsp3) is 0.154. The largest absolute Gasteiger partial charge is 0.379 e. The summed E-state index contributed by atoms with van der Waals surface area (Å²) in [6.45, 7) is 4.27. The number of rotatable bonds is 6. The highest BCUT2D eigenvalue weighted by molar-refractivity contribution is 5.92. The molecule has 0 bridgehead atoms. The van der Waals surface area contributed by atoms with Crippen molar-refractivity contribution in [3.63, 3.8) is 0 Å². The second-order valence-corrected chi connectivity index (χ2v) is 8.02. The Labute approximate surface area is 191 Å². The van der Waals surface area contributed by atoms with E-state index in [1.165, 1.54) is 0 Å². The molecular weight excluding hydrogens is 412 g/mol. The van der Waals surface area contributed by atoms with Gasteiger partial charge in [-0.2, -0.15) is 0 Å². The van der Waals surface area contributed by atoms with E-state index in [1.807, 2.05) is 61.9 Å². The number of aromatic amines is 1. The highest BCUT2D eigenvalue weighted by atomic mass is 16.3. The van der Waals surface area contributed by atoms with Gasteiger partial charge in [0, 0.05) is 47.3 Å². The molecule has 33 heavy (non-hydrogen) atoms. The predicted octanol–water partition coefficient (Wildman–Crippen LogP) is 4.49. The highest BCUT2D eigenvalue weighted by Crippen LogP contribution is 2.30. The number of fused-ring (bicyclic) bond motifs is 1. The average molecular weight is 437 g/mol. The monoisotopic (exact) mass is 436 g/mol. The number of benzene rings is 1. The lowest BCUT2D eigenvalue weighted by atomic mass is 10.0. The molecule has 164 valence electrons. The van der Waals surface area contributed by atoms with Gasteiger partial charge >= 0.3 is 0 Å². The van der Waals surface area contributed by atoms with Crippen LogP contribution in [0.4, 0.5) is 0 Å². The summed E-state index contributed by atoms with van der Waals surface area (Å²) in [5.41, 5.74) is 7.30. The molecule has 0 saturated carbocycles. The topological polar surface area (TPSA) is 99.6 Å². The second-order valence-electron chi connectivity index (χ2n) is 8.02. The van der Waals surface area contributed by atoms with Gasteiger partial charge in [0.05, 0.1) is 5.69 Å². The molecule has 1 unspecified atom stereocenters. The van der Waals surface area contributed by atoms with E-state index in [9.17, 15) is 5.11 Å². The van der Waals surface area contributed by atoms with Crippen LogP contribution in [0, 0.1) is 6.92 Å². The molecule has 0 aliphatic heterocycles. The van der Waals surface area contributed by atoms with E-state index in [-0.39, 0.29) is 0 Å². The number of H-pyrrole nitrogens is 1. The van der Waals surface area contributed by atoms with Crippen LogP contribution < -0.4 is 5.32 Å². The van der Waals surface area contributed by atoms with Crippen molar-refractivity contribution in [2.45, 2.75) is 26.6 Å². The third-order valence-electron chi connectivity index (χ3n) is 5.43. The number of aromatic nitrogens is 5. The lowest BCUT2D eigenvalue weighted by Gasteiger charge is -2.10. The fourth-order valence-electron chi connectivity index (χ4n) is 3.75. The van der Waals surface area contributed by atoms with Gasteiger partial charge in [-0.15, -0.1) is 0 Å². The van der Waals surface area contributed by atoms with E-state index in [0.29, 0.717) is 12.4 Å². The quantitative estimate of drug-likeness (QED) is 0.339. The number of pyridine rings is 2. The van der Waals surface area contributed by atoms with Gasteiger partial charge in [-0.05, 0) is 49.2 Å². The minimum Gasteiger partial charge on any atom is -0.379 e. The smallest absolute Gasteiger partial charge is 0.180 e. The first kappa shape index (κ1) is 20.9. The number of hydrogen-bond donors (Lipinski definition) is 3. The molecule has 0 spiro atoms. The van der Waals surface area contributed by atoms with Gasteiger partial charge in [-0.3, -0.25) is 10.3 Å². The first-order valence-electron chi connectivity index (χ1n) is 10.8. The van der Waals surface area contributed by atoms with Crippen molar-refractivity contribution in [2.24, 2.45) is 0 Å².